The van der Waals surface area contributed by atoms with Crippen LogP contribution in [0.4, 0.5) is 0 Å². The quantitative estimate of drug-likeness (QED) is 0.406. The van der Waals surface area contributed by atoms with Crippen molar-refractivity contribution in [3.63, 3.8) is 0 Å². The number of fused-ring (bicyclic) bond motifs is 1. The number of para-hydroxylation sites is 1. The molecule has 2 aromatic rings. The van der Waals surface area contributed by atoms with E-state index in [2.05, 4.69) is 5.10 Å². The summed E-state index contributed by atoms with van der Waals surface area (Å²) in [7, 11) is -1.13. The number of ether oxygens (including phenoxy) is 1. The Labute approximate surface area is 164 Å². The predicted octanol–water partition coefficient (Wildman–Crippen LogP) is 2.68. The van der Waals surface area contributed by atoms with E-state index in [-0.39, 0.29) is 18.0 Å². The Morgan fingerprint density at radius 3 is 3.00 bits per heavy atom. The molecule has 0 amide bonds. The van der Waals surface area contributed by atoms with Crippen molar-refractivity contribution in [3.05, 3.63) is 47.8 Å². The molecule has 148 valence electrons. The van der Waals surface area contributed by atoms with Crippen molar-refractivity contribution in [3.8, 4) is 5.75 Å². The third-order valence-corrected chi connectivity index (χ3v) is 4.84. The fourth-order valence-corrected chi connectivity index (χ4v) is 3.27. The van der Waals surface area contributed by atoms with Gasteiger partial charge in [0, 0.05) is 37.6 Å². The van der Waals surface area contributed by atoms with E-state index in [1.54, 1.807) is 23.0 Å². The van der Waals surface area contributed by atoms with Crippen LogP contribution >= 0.6 is 0 Å². The van der Waals surface area contributed by atoms with Gasteiger partial charge in [0.25, 0.3) is 0 Å². The van der Waals surface area contributed by atoms with Gasteiger partial charge in [-0.15, -0.1) is 0 Å². The fraction of sp³-hybridized carbons (Fsp3) is 0.450. The van der Waals surface area contributed by atoms with Crippen molar-refractivity contribution in [2.24, 2.45) is 0 Å². The molecule has 0 unspecified atom stereocenters. The van der Waals surface area contributed by atoms with Gasteiger partial charge in [-0.3, -0.25) is 9.48 Å². The largest absolute Gasteiger partial charge is 0.535 e. The number of benzene rings is 1. The molecule has 0 saturated heterocycles. The lowest BCUT2D eigenvalue weighted by molar-refractivity contribution is -0.119. The van der Waals surface area contributed by atoms with E-state index in [4.69, 9.17) is 9.39 Å². The maximum Gasteiger partial charge on any atom is 0.526 e. The normalized spacial score (nSPS) is 15.6. The molecule has 8 heteroatoms. The zero-order valence-corrected chi connectivity index (χ0v) is 16.0. The minimum absolute atomic E-state index is 0.0433. The molecule has 3 rings (SSSR count). The molecule has 0 radical (unpaired) electrons. The van der Waals surface area contributed by atoms with Crippen LogP contribution in [-0.2, 0) is 22.5 Å². The van der Waals surface area contributed by atoms with Crippen molar-refractivity contribution in [2.75, 3.05) is 6.61 Å². The Hall–Kier alpha value is -2.61. The number of aromatic nitrogens is 2. The van der Waals surface area contributed by atoms with Crippen LogP contribution in [0.15, 0.2) is 36.7 Å². The summed E-state index contributed by atoms with van der Waals surface area (Å²) < 4.78 is 12.6. The van der Waals surface area contributed by atoms with E-state index in [1.807, 2.05) is 25.3 Å². The smallest absolute Gasteiger partial charge is 0.526 e. The first-order chi connectivity index (χ1) is 13.6. The summed E-state index contributed by atoms with van der Waals surface area (Å²) in [6, 6.07) is 7.07. The van der Waals surface area contributed by atoms with Gasteiger partial charge in [0.15, 0.2) is 0 Å². The molecule has 0 saturated carbocycles. The molecule has 1 aromatic carbocycles. The number of hydrogen-bond donors (Lipinski definition) is 1. The van der Waals surface area contributed by atoms with Gasteiger partial charge in [0.2, 0.25) is 0 Å². The van der Waals surface area contributed by atoms with Crippen LogP contribution in [0, 0.1) is 0 Å². The van der Waals surface area contributed by atoms with Gasteiger partial charge < -0.3 is 14.4 Å². The summed E-state index contributed by atoms with van der Waals surface area (Å²) in [6.45, 7) is 2.89. The van der Waals surface area contributed by atoms with E-state index < -0.39 is 13.1 Å². The third kappa shape index (κ3) is 5.01. The summed E-state index contributed by atoms with van der Waals surface area (Å²) in [4.78, 5) is 24.6. The van der Waals surface area contributed by atoms with Crippen molar-refractivity contribution in [1.82, 2.24) is 9.78 Å². The third-order valence-electron chi connectivity index (χ3n) is 4.84. The molecular formula is C20H25BN2O5. The lowest BCUT2D eigenvalue weighted by Crippen LogP contribution is -2.36. The molecule has 1 N–H and O–H groups in total. The summed E-state index contributed by atoms with van der Waals surface area (Å²) in [6.07, 6.45) is 6.25. The number of aryl methyl sites for hydroxylation is 1. The molecule has 28 heavy (non-hydrogen) atoms. The van der Waals surface area contributed by atoms with Gasteiger partial charge in [-0.2, -0.15) is 5.10 Å². The van der Waals surface area contributed by atoms with Crippen molar-refractivity contribution in [2.45, 2.75) is 51.4 Å². The number of rotatable bonds is 9. The van der Waals surface area contributed by atoms with E-state index >= 15 is 0 Å². The molecule has 2 heterocycles. The Bertz CT molecular complexity index is 809. The molecule has 1 aromatic heterocycles. The number of hydrogen-bond acceptors (Lipinski definition) is 6. The molecule has 0 fully saturated rings. The number of esters is 1. The Morgan fingerprint density at radius 2 is 2.25 bits per heavy atom. The van der Waals surface area contributed by atoms with Gasteiger partial charge in [0.05, 0.1) is 6.61 Å². The maximum absolute atomic E-state index is 12.3. The van der Waals surface area contributed by atoms with E-state index in [0.717, 1.165) is 18.4 Å². The summed E-state index contributed by atoms with van der Waals surface area (Å²) in [5.74, 6) is -0.395. The lowest BCUT2D eigenvalue weighted by atomic mass is 9.64. The van der Waals surface area contributed by atoms with Gasteiger partial charge in [-0.25, -0.2) is 4.79 Å². The Balaban J connectivity index is 1.61. The second-order valence-corrected chi connectivity index (χ2v) is 7.02. The Morgan fingerprint density at radius 1 is 1.39 bits per heavy atom. The van der Waals surface area contributed by atoms with E-state index in [9.17, 15) is 14.6 Å². The zero-order valence-electron chi connectivity index (χ0n) is 16.0. The number of carbonyl (C=O) groups excluding carboxylic acids is 2. The van der Waals surface area contributed by atoms with Gasteiger partial charge in [0.1, 0.15) is 17.1 Å². The zero-order chi connectivity index (χ0) is 19.9. The number of Topliss-reactive ketones (excluding diaryl/α,β-unsaturated/α-hetero) is 1. The number of nitrogens with zero attached hydrogens (tertiary/aromatic N) is 2. The first kappa shape index (κ1) is 20.1. The second kappa shape index (κ2) is 9.55. The van der Waals surface area contributed by atoms with Gasteiger partial charge in [-0.05, 0) is 30.5 Å². The Kier molecular flexibility index (Phi) is 6.87. The van der Waals surface area contributed by atoms with Crippen LogP contribution in [-0.4, -0.2) is 40.3 Å². The van der Waals surface area contributed by atoms with Crippen LogP contribution in [0.5, 0.6) is 5.75 Å². The number of ketones is 1. The van der Waals surface area contributed by atoms with Crippen LogP contribution in [0.25, 0.3) is 0 Å². The van der Waals surface area contributed by atoms with Gasteiger partial charge in [-0.1, -0.05) is 25.5 Å². The summed E-state index contributed by atoms with van der Waals surface area (Å²) in [5.41, 5.74) is 1.12. The fourth-order valence-electron chi connectivity index (χ4n) is 3.27. The van der Waals surface area contributed by atoms with Crippen LogP contribution in [0.1, 0.15) is 48.5 Å². The van der Waals surface area contributed by atoms with Gasteiger partial charge >= 0.3 is 13.1 Å². The predicted molar refractivity (Wildman–Crippen MR) is 104 cm³/mol. The maximum atomic E-state index is 12.3. The molecule has 1 aliphatic heterocycles. The molecule has 1 atom stereocenters. The standard InChI is InChI=1S/C20H25BN2O5/c1-2-3-12-27-20(25)18-7-4-6-15-13-16(21(26)28-19(15)18)14-17(24)8-11-23-10-5-9-22-23/h4-7,9-10,16,26H,2-3,8,11-14H2,1H3/t16-/m1/s1. The van der Waals surface area contributed by atoms with Crippen LogP contribution in [0.3, 0.4) is 0 Å². The lowest BCUT2D eigenvalue weighted by Gasteiger charge is -2.28. The monoisotopic (exact) mass is 384 g/mol. The number of unbranched alkanes of at least 4 members (excludes halogenated alkanes) is 1. The second-order valence-electron chi connectivity index (χ2n) is 7.02. The minimum Gasteiger partial charge on any atom is -0.535 e. The SMILES string of the molecule is CCCCOC(=O)c1cccc2c1OB(O)[C@@H](CC(=O)CCn1cccn1)C2. The molecule has 0 spiro atoms. The van der Waals surface area contributed by atoms with Crippen molar-refractivity contribution >= 4 is 18.9 Å². The molecule has 1 aliphatic rings. The topological polar surface area (TPSA) is 90.7 Å². The minimum atomic E-state index is -1.13. The van der Waals surface area contributed by atoms with E-state index in [1.165, 1.54) is 0 Å². The summed E-state index contributed by atoms with van der Waals surface area (Å²) >= 11 is 0. The highest BCUT2D eigenvalue weighted by molar-refractivity contribution is 6.47. The highest BCUT2D eigenvalue weighted by atomic mass is 16.5. The summed E-state index contributed by atoms with van der Waals surface area (Å²) in [5, 5.41) is 14.5. The first-order valence-corrected chi connectivity index (χ1v) is 9.71. The van der Waals surface area contributed by atoms with E-state index in [0.29, 0.717) is 37.3 Å². The number of carbonyl (C=O) groups is 2. The van der Waals surface area contributed by atoms with Crippen molar-refractivity contribution < 1.29 is 24.0 Å². The molecule has 0 aliphatic carbocycles. The average Bonchev–Trinajstić information content (AvgIpc) is 3.20. The average molecular weight is 384 g/mol. The molecule has 0 bridgehead atoms. The first-order valence-electron chi connectivity index (χ1n) is 9.71. The highest BCUT2D eigenvalue weighted by Gasteiger charge is 2.37. The molecule has 7 nitrogen and oxygen atoms in total. The van der Waals surface area contributed by atoms with Crippen LogP contribution in [0.2, 0.25) is 5.82 Å². The van der Waals surface area contributed by atoms with Crippen LogP contribution < -0.4 is 4.65 Å². The molecular weight excluding hydrogens is 359 g/mol. The highest BCUT2D eigenvalue weighted by Crippen LogP contribution is 2.36. The van der Waals surface area contributed by atoms with Crippen molar-refractivity contribution in [1.29, 1.82) is 0 Å².